The molecule has 0 spiro atoms. The molecule has 9 heteroatoms. The van der Waals surface area contributed by atoms with Crippen molar-refractivity contribution >= 4 is 27.5 Å². The number of carbonyl (C=O) groups excluding carboxylic acids is 1. The van der Waals surface area contributed by atoms with Crippen molar-refractivity contribution in [3.63, 3.8) is 0 Å². The van der Waals surface area contributed by atoms with E-state index in [0.717, 1.165) is 36.6 Å². The van der Waals surface area contributed by atoms with Crippen LogP contribution in [-0.4, -0.2) is 27.2 Å². The molecule has 4 rings (SSSR count). The Morgan fingerprint density at radius 3 is 2.53 bits per heavy atom. The fraction of sp³-hybridized carbons (Fsp3) is 0.381. The van der Waals surface area contributed by atoms with E-state index in [-0.39, 0.29) is 45.2 Å². The van der Waals surface area contributed by atoms with Gasteiger partial charge in [0.25, 0.3) is 5.56 Å². The molecule has 1 aromatic carbocycles. The number of nitrogens with zero attached hydrogens (tertiary/aromatic N) is 2. The predicted octanol–water partition coefficient (Wildman–Crippen LogP) is 4.95. The molecular weight excluding hydrogens is 460 g/mol. The molecule has 30 heavy (non-hydrogen) atoms. The number of aromatic amines is 1. The van der Waals surface area contributed by atoms with Gasteiger partial charge in [0.2, 0.25) is 0 Å². The number of hydrogen-bond acceptors (Lipinski definition) is 4. The molecule has 1 N–H and O–H groups in total. The van der Waals surface area contributed by atoms with Crippen LogP contribution in [0, 0.1) is 11.6 Å². The molecule has 0 saturated heterocycles. The maximum Gasteiger partial charge on any atom is 0.344 e. The molecule has 1 saturated carbocycles. The van der Waals surface area contributed by atoms with E-state index in [4.69, 9.17) is 4.74 Å². The van der Waals surface area contributed by atoms with Gasteiger partial charge in [-0.05, 0) is 53.7 Å². The van der Waals surface area contributed by atoms with E-state index < -0.39 is 23.2 Å². The zero-order valence-electron chi connectivity index (χ0n) is 16.3. The molecule has 0 amide bonds. The first-order chi connectivity index (χ1) is 14.4. The van der Waals surface area contributed by atoms with Crippen molar-refractivity contribution in [3.8, 4) is 11.3 Å². The number of benzene rings is 1. The van der Waals surface area contributed by atoms with E-state index in [2.05, 4.69) is 26.0 Å². The molecule has 0 bridgehead atoms. The van der Waals surface area contributed by atoms with E-state index in [1.165, 1.54) is 18.2 Å². The predicted molar refractivity (Wildman–Crippen MR) is 111 cm³/mol. The molecule has 1 fully saturated rings. The second kappa shape index (κ2) is 8.29. The quantitative estimate of drug-likeness (QED) is 0.536. The third-order valence-corrected chi connectivity index (χ3v) is 6.01. The zero-order chi connectivity index (χ0) is 21.4. The van der Waals surface area contributed by atoms with E-state index >= 15 is 0 Å². The third kappa shape index (κ3) is 3.66. The maximum absolute atomic E-state index is 14.9. The molecule has 0 unspecified atom stereocenters. The SMILES string of the molecule is CCOC(=O)c1c(Br)[nH]n2c(=O)cc(-c3cc(F)c(C4CCCCC4)c(F)c3)nc12. The fourth-order valence-electron chi connectivity index (χ4n) is 4.06. The van der Waals surface area contributed by atoms with Crippen molar-refractivity contribution in [1.29, 1.82) is 0 Å². The molecular formula is C21H20BrF2N3O3. The van der Waals surface area contributed by atoms with Gasteiger partial charge in [0, 0.05) is 17.2 Å². The Morgan fingerprint density at radius 1 is 1.23 bits per heavy atom. The van der Waals surface area contributed by atoms with E-state index in [0.29, 0.717) is 0 Å². The minimum absolute atomic E-state index is 0.0139. The minimum atomic E-state index is -0.669. The van der Waals surface area contributed by atoms with Gasteiger partial charge in [-0.2, -0.15) is 4.52 Å². The highest BCUT2D eigenvalue weighted by atomic mass is 79.9. The lowest BCUT2D eigenvalue weighted by Crippen LogP contribution is -2.16. The van der Waals surface area contributed by atoms with Crippen LogP contribution in [0.25, 0.3) is 16.9 Å². The summed E-state index contributed by atoms with van der Waals surface area (Å²) < 4.78 is 36.1. The molecule has 6 nitrogen and oxygen atoms in total. The Bertz CT molecular complexity index is 1160. The lowest BCUT2D eigenvalue weighted by molar-refractivity contribution is 0.0527. The Labute approximate surface area is 179 Å². The Hall–Kier alpha value is -2.55. The molecule has 0 aliphatic heterocycles. The first-order valence-corrected chi connectivity index (χ1v) is 10.7. The highest BCUT2D eigenvalue weighted by Crippen LogP contribution is 2.37. The van der Waals surface area contributed by atoms with E-state index in [1.54, 1.807) is 6.92 Å². The van der Waals surface area contributed by atoms with Crippen LogP contribution in [-0.2, 0) is 4.74 Å². The van der Waals surface area contributed by atoms with Gasteiger partial charge in [-0.15, -0.1) is 0 Å². The summed E-state index contributed by atoms with van der Waals surface area (Å²) >= 11 is 3.20. The topological polar surface area (TPSA) is 76.5 Å². The Kier molecular flexibility index (Phi) is 5.73. The standard InChI is InChI=1S/C21H20BrF2N3O3/c1-2-30-21(29)18-19(22)26-27-16(28)10-15(25-20(18)27)12-8-13(23)17(14(24)9-12)11-6-4-3-5-7-11/h8-11,26H,2-7H2,1H3. The Morgan fingerprint density at radius 2 is 1.90 bits per heavy atom. The number of halogens is 3. The lowest BCUT2D eigenvalue weighted by atomic mass is 9.83. The molecule has 1 aliphatic carbocycles. The second-order valence-corrected chi connectivity index (χ2v) is 8.14. The first-order valence-electron chi connectivity index (χ1n) is 9.88. The Balaban J connectivity index is 1.82. The molecule has 2 heterocycles. The minimum Gasteiger partial charge on any atom is -0.462 e. The lowest BCUT2D eigenvalue weighted by Gasteiger charge is -2.23. The van der Waals surface area contributed by atoms with Gasteiger partial charge >= 0.3 is 5.97 Å². The van der Waals surface area contributed by atoms with Crippen molar-refractivity contribution < 1.29 is 18.3 Å². The summed E-state index contributed by atoms with van der Waals surface area (Å²) in [5.74, 6) is -2.08. The number of hydrogen-bond donors (Lipinski definition) is 1. The van der Waals surface area contributed by atoms with Crippen LogP contribution in [0.4, 0.5) is 8.78 Å². The van der Waals surface area contributed by atoms with Crippen molar-refractivity contribution in [3.05, 3.63) is 55.9 Å². The van der Waals surface area contributed by atoms with Crippen LogP contribution < -0.4 is 5.56 Å². The summed E-state index contributed by atoms with van der Waals surface area (Å²) in [7, 11) is 0. The normalized spacial score (nSPS) is 14.9. The van der Waals surface area contributed by atoms with Crippen LogP contribution in [0.3, 0.4) is 0 Å². The fourth-order valence-corrected chi connectivity index (χ4v) is 4.57. The highest BCUT2D eigenvalue weighted by Gasteiger charge is 2.25. The van der Waals surface area contributed by atoms with Crippen LogP contribution in [0.1, 0.15) is 60.9 Å². The van der Waals surface area contributed by atoms with Crippen LogP contribution >= 0.6 is 15.9 Å². The van der Waals surface area contributed by atoms with Crippen molar-refractivity contribution in [2.24, 2.45) is 0 Å². The molecule has 0 radical (unpaired) electrons. The maximum atomic E-state index is 14.9. The van der Waals surface area contributed by atoms with Gasteiger partial charge in [0.05, 0.1) is 12.3 Å². The highest BCUT2D eigenvalue weighted by molar-refractivity contribution is 9.10. The number of rotatable bonds is 4. The number of fused-ring (bicyclic) bond motifs is 1. The average Bonchev–Trinajstić information content (AvgIpc) is 3.05. The van der Waals surface area contributed by atoms with Gasteiger partial charge in [-0.25, -0.2) is 18.6 Å². The molecule has 158 valence electrons. The summed E-state index contributed by atoms with van der Waals surface area (Å²) in [4.78, 5) is 29.1. The molecule has 1 aliphatic rings. The monoisotopic (exact) mass is 479 g/mol. The van der Waals surface area contributed by atoms with Crippen LogP contribution in [0.5, 0.6) is 0 Å². The summed E-state index contributed by atoms with van der Waals surface area (Å²) in [6.07, 6.45) is 4.53. The van der Waals surface area contributed by atoms with Crippen molar-refractivity contribution in [1.82, 2.24) is 14.6 Å². The van der Waals surface area contributed by atoms with Crippen LogP contribution in [0.15, 0.2) is 27.6 Å². The van der Waals surface area contributed by atoms with Crippen molar-refractivity contribution in [2.45, 2.75) is 44.9 Å². The summed E-state index contributed by atoms with van der Waals surface area (Å²) in [5.41, 5.74) is -0.159. The number of H-pyrrole nitrogens is 1. The van der Waals surface area contributed by atoms with Gasteiger partial charge in [-0.1, -0.05) is 19.3 Å². The summed E-state index contributed by atoms with van der Waals surface area (Å²) in [5, 5.41) is 2.70. The largest absolute Gasteiger partial charge is 0.462 e. The van der Waals surface area contributed by atoms with E-state index in [1.807, 2.05) is 0 Å². The summed E-state index contributed by atoms with van der Waals surface area (Å²) in [6.45, 7) is 1.80. The molecule has 2 aromatic heterocycles. The van der Waals surface area contributed by atoms with Gasteiger partial charge < -0.3 is 4.74 Å². The average molecular weight is 480 g/mol. The number of ether oxygens (including phenoxy) is 1. The third-order valence-electron chi connectivity index (χ3n) is 5.44. The summed E-state index contributed by atoms with van der Waals surface area (Å²) in [6, 6.07) is 3.58. The van der Waals surface area contributed by atoms with E-state index in [9.17, 15) is 18.4 Å². The number of aromatic nitrogens is 3. The molecule has 0 atom stereocenters. The smallest absolute Gasteiger partial charge is 0.344 e. The zero-order valence-corrected chi connectivity index (χ0v) is 17.9. The number of carbonyl (C=O) groups is 1. The second-order valence-electron chi connectivity index (χ2n) is 7.35. The number of nitrogens with one attached hydrogen (secondary N) is 1. The van der Waals surface area contributed by atoms with Gasteiger partial charge in [0.15, 0.2) is 5.65 Å². The first kappa shape index (κ1) is 20.7. The number of esters is 1. The van der Waals surface area contributed by atoms with Crippen molar-refractivity contribution in [2.75, 3.05) is 6.61 Å². The molecule has 3 aromatic rings. The van der Waals surface area contributed by atoms with Gasteiger partial charge in [-0.3, -0.25) is 9.89 Å². The van der Waals surface area contributed by atoms with Gasteiger partial charge in [0.1, 0.15) is 21.8 Å². The van der Waals surface area contributed by atoms with Crippen LogP contribution in [0.2, 0.25) is 0 Å².